The quantitative estimate of drug-likeness (QED) is 0.811. The van der Waals surface area contributed by atoms with Gasteiger partial charge >= 0.3 is 5.97 Å². The highest BCUT2D eigenvalue weighted by atomic mass is 16.5. The number of carbonyl (C=O) groups excluding carboxylic acids is 1. The SMILES string of the molecule is COC(=O)C1CC2CCC(C1c1ccc[nH]1)N2C. The number of nitrogens with one attached hydrogen (secondary N) is 1. The van der Waals surface area contributed by atoms with Gasteiger partial charge in [-0.15, -0.1) is 0 Å². The lowest BCUT2D eigenvalue weighted by molar-refractivity contribution is -0.149. The van der Waals surface area contributed by atoms with E-state index in [2.05, 4.69) is 23.0 Å². The van der Waals surface area contributed by atoms with Gasteiger partial charge in [0.05, 0.1) is 13.0 Å². The summed E-state index contributed by atoms with van der Waals surface area (Å²) in [5.41, 5.74) is 1.17. The molecule has 18 heavy (non-hydrogen) atoms. The van der Waals surface area contributed by atoms with E-state index in [0.29, 0.717) is 12.1 Å². The van der Waals surface area contributed by atoms with E-state index in [-0.39, 0.29) is 17.8 Å². The third-order valence-corrected chi connectivity index (χ3v) is 4.75. The summed E-state index contributed by atoms with van der Waals surface area (Å²) in [6.45, 7) is 0. The van der Waals surface area contributed by atoms with Crippen LogP contribution in [0.4, 0.5) is 0 Å². The van der Waals surface area contributed by atoms with E-state index in [0.717, 1.165) is 6.42 Å². The van der Waals surface area contributed by atoms with Crippen molar-refractivity contribution in [3.05, 3.63) is 24.0 Å². The zero-order valence-corrected chi connectivity index (χ0v) is 10.9. The van der Waals surface area contributed by atoms with Crippen LogP contribution in [0, 0.1) is 5.92 Å². The Labute approximate surface area is 107 Å². The second-order valence-electron chi connectivity index (χ2n) is 5.48. The molecule has 1 aromatic rings. The number of methoxy groups -OCH3 is 1. The van der Waals surface area contributed by atoms with Gasteiger partial charge in [0.2, 0.25) is 0 Å². The molecule has 0 aliphatic carbocycles. The normalized spacial score (nSPS) is 35.7. The summed E-state index contributed by atoms with van der Waals surface area (Å²) < 4.78 is 5.01. The molecule has 1 aromatic heterocycles. The molecular formula is C14H20N2O2. The number of H-pyrrole nitrogens is 1. The fourth-order valence-electron chi connectivity index (χ4n) is 3.84. The standard InChI is InChI=1S/C14H20N2O2/c1-16-9-5-6-12(16)13(11-4-3-7-15-11)10(8-9)14(17)18-2/h3-4,7,9-10,12-13,15H,5-6,8H2,1-2H3. The number of hydrogen-bond donors (Lipinski definition) is 1. The summed E-state index contributed by atoms with van der Waals surface area (Å²) in [6.07, 6.45) is 5.23. The molecule has 0 amide bonds. The average molecular weight is 248 g/mol. The van der Waals surface area contributed by atoms with Gasteiger partial charge in [-0.25, -0.2) is 0 Å². The summed E-state index contributed by atoms with van der Waals surface area (Å²) in [5.74, 6) is 0.193. The van der Waals surface area contributed by atoms with Crippen LogP contribution >= 0.6 is 0 Å². The lowest BCUT2D eigenvalue weighted by Crippen LogP contribution is -2.47. The number of piperidine rings is 1. The van der Waals surface area contributed by atoms with Crippen LogP contribution < -0.4 is 0 Å². The Morgan fingerprint density at radius 2 is 2.33 bits per heavy atom. The van der Waals surface area contributed by atoms with Crippen LogP contribution in [-0.4, -0.2) is 42.1 Å². The monoisotopic (exact) mass is 248 g/mol. The first-order valence-corrected chi connectivity index (χ1v) is 6.65. The lowest BCUT2D eigenvalue weighted by atomic mass is 9.78. The van der Waals surface area contributed by atoms with Crippen LogP contribution in [0.25, 0.3) is 0 Å². The fourth-order valence-corrected chi connectivity index (χ4v) is 3.84. The second-order valence-corrected chi connectivity index (χ2v) is 5.48. The van der Waals surface area contributed by atoms with Crippen molar-refractivity contribution in [3.63, 3.8) is 0 Å². The third-order valence-electron chi connectivity index (χ3n) is 4.75. The van der Waals surface area contributed by atoms with E-state index in [9.17, 15) is 4.79 Å². The van der Waals surface area contributed by atoms with Crippen LogP contribution in [0.3, 0.4) is 0 Å². The Morgan fingerprint density at radius 1 is 1.50 bits per heavy atom. The first kappa shape index (κ1) is 11.8. The van der Waals surface area contributed by atoms with Gasteiger partial charge in [0.15, 0.2) is 0 Å². The molecule has 2 fully saturated rings. The minimum atomic E-state index is -0.0559. The van der Waals surface area contributed by atoms with Crippen molar-refractivity contribution < 1.29 is 9.53 Å². The van der Waals surface area contributed by atoms with Crippen LogP contribution in [0.2, 0.25) is 0 Å². The van der Waals surface area contributed by atoms with E-state index in [1.54, 1.807) is 0 Å². The topological polar surface area (TPSA) is 45.3 Å². The molecule has 0 saturated carbocycles. The zero-order chi connectivity index (χ0) is 12.7. The Morgan fingerprint density at radius 3 is 3.00 bits per heavy atom. The second kappa shape index (κ2) is 4.43. The van der Waals surface area contributed by atoms with Crippen LogP contribution in [0.15, 0.2) is 18.3 Å². The molecule has 4 atom stereocenters. The summed E-state index contributed by atoms with van der Waals surface area (Å²) >= 11 is 0. The van der Waals surface area contributed by atoms with E-state index in [1.807, 2.05) is 12.3 Å². The van der Waals surface area contributed by atoms with Gasteiger partial charge in [0, 0.05) is 29.9 Å². The molecule has 0 spiro atoms. The van der Waals surface area contributed by atoms with Crippen molar-refractivity contribution in [2.45, 2.75) is 37.3 Å². The Hall–Kier alpha value is -1.29. The smallest absolute Gasteiger partial charge is 0.309 e. The summed E-state index contributed by atoms with van der Waals surface area (Å²) in [5, 5.41) is 0. The van der Waals surface area contributed by atoms with Crippen LogP contribution in [0.5, 0.6) is 0 Å². The number of nitrogens with zero attached hydrogens (tertiary/aromatic N) is 1. The van der Waals surface area contributed by atoms with E-state index < -0.39 is 0 Å². The van der Waals surface area contributed by atoms with E-state index in [4.69, 9.17) is 4.74 Å². The summed E-state index contributed by atoms with van der Waals surface area (Å²) in [6, 6.07) is 5.11. The van der Waals surface area contributed by atoms with Crippen molar-refractivity contribution in [2.24, 2.45) is 5.92 Å². The van der Waals surface area contributed by atoms with Crippen LogP contribution in [0.1, 0.15) is 30.9 Å². The molecule has 2 aliphatic heterocycles. The Kier molecular flexibility index (Phi) is 2.90. The number of aromatic nitrogens is 1. The average Bonchev–Trinajstić information content (AvgIpc) is 2.97. The summed E-state index contributed by atoms with van der Waals surface area (Å²) in [4.78, 5) is 17.8. The first-order valence-electron chi connectivity index (χ1n) is 6.65. The molecule has 98 valence electrons. The molecule has 4 nitrogen and oxygen atoms in total. The molecular weight excluding hydrogens is 228 g/mol. The minimum absolute atomic E-state index is 0.00218. The number of ether oxygens (including phenoxy) is 1. The maximum atomic E-state index is 12.0. The third kappa shape index (κ3) is 1.67. The fraction of sp³-hybridized carbons (Fsp3) is 0.643. The molecule has 2 aliphatic rings. The molecule has 4 heteroatoms. The number of aromatic amines is 1. The molecule has 4 unspecified atom stereocenters. The van der Waals surface area contributed by atoms with Crippen molar-refractivity contribution >= 4 is 5.97 Å². The van der Waals surface area contributed by atoms with Crippen LogP contribution in [-0.2, 0) is 9.53 Å². The molecule has 3 heterocycles. The molecule has 1 N–H and O–H groups in total. The van der Waals surface area contributed by atoms with Crippen molar-refractivity contribution in [1.29, 1.82) is 0 Å². The number of likely N-dealkylation sites (N-methyl/N-ethyl adjacent to an activating group) is 1. The number of hydrogen-bond acceptors (Lipinski definition) is 3. The van der Waals surface area contributed by atoms with Gasteiger partial charge in [-0.3, -0.25) is 9.69 Å². The number of fused-ring (bicyclic) bond motifs is 2. The number of esters is 1. The highest BCUT2D eigenvalue weighted by Gasteiger charge is 2.49. The largest absolute Gasteiger partial charge is 0.469 e. The van der Waals surface area contributed by atoms with Crippen molar-refractivity contribution in [3.8, 4) is 0 Å². The maximum absolute atomic E-state index is 12.0. The maximum Gasteiger partial charge on any atom is 0.309 e. The van der Waals surface area contributed by atoms with Gasteiger partial charge in [0.25, 0.3) is 0 Å². The van der Waals surface area contributed by atoms with Gasteiger partial charge < -0.3 is 9.72 Å². The highest BCUT2D eigenvalue weighted by molar-refractivity contribution is 5.74. The minimum Gasteiger partial charge on any atom is -0.469 e. The zero-order valence-electron chi connectivity index (χ0n) is 10.9. The highest BCUT2D eigenvalue weighted by Crippen LogP contribution is 2.46. The summed E-state index contributed by atoms with van der Waals surface area (Å²) in [7, 11) is 3.68. The van der Waals surface area contributed by atoms with E-state index >= 15 is 0 Å². The molecule has 0 radical (unpaired) electrons. The number of carbonyl (C=O) groups is 1. The van der Waals surface area contributed by atoms with Gasteiger partial charge in [0.1, 0.15) is 0 Å². The van der Waals surface area contributed by atoms with Crippen molar-refractivity contribution in [1.82, 2.24) is 9.88 Å². The Bertz CT molecular complexity index is 429. The van der Waals surface area contributed by atoms with Crippen molar-refractivity contribution in [2.75, 3.05) is 14.2 Å². The van der Waals surface area contributed by atoms with E-state index in [1.165, 1.54) is 25.6 Å². The molecule has 2 saturated heterocycles. The first-order chi connectivity index (χ1) is 8.72. The van der Waals surface area contributed by atoms with Gasteiger partial charge in [-0.05, 0) is 38.4 Å². The molecule has 2 bridgehead atoms. The molecule has 0 aromatic carbocycles. The number of rotatable bonds is 2. The van der Waals surface area contributed by atoms with Gasteiger partial charge in [-0.2, -0.15) is 0 Å². The molecule has 3 rings (SSSR count). The Balaban J connectivity index is 1.96. The predicted octanol–water partition coefficient (Wildman–Crippen LogP) is 1.75. The van der Waals surface area contributed by atoms with Gasteiger partial charge in [-0.1, -0.05) is 0 Å². The lowest BCUT2D eigenvalue weighted by Gasteiger charge is -2.41. The predicted molar refractivity (Wildman–Crippen MR) is 68.2 cm³/mol.